The molecule has 1 N–H and O–H groups in total. The molecule has 0 spiro atoms. The van der Waals surface area contributed by atoms with Crippen molar-refractivity contribution in [3.05, 3.63) is 53.7 Å². The Morgan fingerprint density at radius 1 is 1.19 bits per heavy atom. The largest absolute Gasteiger partial charge is 0.330 e. The lowest BCUT2D eigenvalue weighted by Gasteiger charge is -2.37. The van der Waals surface area contributed by atoms with Crippen LogP contribution in [-0.4, -0.2) is 50.7 Å². The van der Waals surface area contributed by atoms with Gasteiger partial charge in [-0.05, 0) is 37.4 Å². The second-order valence-electron chi connectivity index (χ2n) is 6.47. The van der Waals surface area contributed by atoms with Crippen molar-refractivity contribution in [2.45, 2.75) is 25.9 Å². The highest BCUT2D eigenvalue weighted by Crippen LogP contribution is 2.26. The predicted molar refractivity (Wildman–Crippen MR) is 103 cm³/mol. The van der Waals surface area contributed by atoms with Gasteiger partial charge in [-0.15, -0.1) is 16.4 Å². The Kier molecular flexibility index (Phi) is 4.57. The minimum Gasteiger partial charge on any atom is -0.330 e. The Balaban J connectivity index is 1.75. The zero-order valence-corrected chi connectivity index (χ0v) is 15.6. The fourth-order valence-corrected chi connectivity index (χ4v) is 3.89. The number of piperazine rings is 1. The quantitative estimate of drug-likeness (QED) is 0.773. The third-order valence-corrected chi connectivity index (χ3v) is 5.70. The molecule has 3 heterocycles. The highest BCUT2D eigenvalue weighted by molar-refractivity contribution is 7.13. The monoisotopic (exact) mass is 367 g/mol. The number of carbonyl (C=O) groups is 1. The molecule has 2 aromatic heterocycles. The van der Waals surface area contributed by atoms with Crippen LogP contribution in [0.2, 0.25) is 0 Å². The molecule has 3 aromatic rings. The lowest BCUT2D eigenvalue weighted by molar-refractivity contribution is 0.0590. The van der Waals surface area contributed by atoms with E-state index >= 15 is 0 Å². The number of hydrogen-bond donors (Lipinski definition) is 1. The van der Waals surface area contributed by atoms with Gasteiger partial charge in [-0.25, -0.2) is 9.67 Å². The number of amides is 1. The van der Waals surface area contributed by atoms with Crippen LogP contribution in [-0.2, 0) is 0 Å². The average Bonchev–Trinajstić information content (AvgIpc) is 3.33. The molecular formula is C19H21N5OS. The van der Waals surface area contributed by atoms with E-state index in [9.17, 15) is 4.79 Å². The van der Waals surface area contributed by atoms with Crippen LogP contribution in [0.25, 0.3) is 16.4 Å². The zero-order valence-electron chi connectivity index (χ0n) is 14.8. The first-order valence-corrected chi connectivity index (χ1v) is 9.64. The Labute approximate surface area is 156 Å². The third kappa shape index (κ3) is 3.04. The van der Waals surface area contributed by atoms with Crippen LogP contribution in [0.4, 0.5) is 0 Å². The van der Waals surface area contributed by atoms with E-state index in [0.717, 1.165) is 17.1 Å². The van der Waals surface area contributed by atoms with Crippen LogP contribution in [0.1, 0.15) is 24.5 Å². The van der Waals surface area contributed by atoms with Crippen molar-refractivity contribution in [1.29, 1.82) is 0 Å². The summed E-state index contributed by atoms with van der Waals surface area (Å²) in [6, 6.07) is 14.1. The van der Waals surface area contributed by atoms with Gasteiger partial charge in [0.15, 0.2) is 5.82 Å². The van der Waals surface area contributed by atoms with Crippen molar-refractivity contribution >= 4 is 17.2 Å². The molecule has 1 fully saturated rings. The fourth-order valence-electron chi connectivity index (χ4n) is 3.19. The van der Waals surface area contributed by atoms with E-state index in [1.54, 1.807) is 16.0 Å². The summed E-state index contributed by atoms with van der Waals surface area (Å²) >= 11 is 1.59. The van der Waals surface area contributed by atoms with Gasteiger partial charge in [0.1, 0.15) is 0 Å². The molecule has 2 atom stereocenters. The summed E-state index contributed by atoms with van der Waals surface area (Å²) in [6.45, 7) is 5.60. The van der Waals surface area contributed by atoms with E-state index in [-0.39, 0.29) is 23.8 Å². The van der Waals surface area contributed by atoms with Crippen LogP contribution >= 0.6 is 11.3 Å². The predicted octanol–water partition coefficient (Wildman–Crippen LogP) is 2.82. The normalized spacial score (nSPS) is 20.3. The standard InChI is InChI=1S/C19H21N5OS/c1-13-14(2)23(11-10-20-13)19(25)17-21-18(16-9-6-12-26-16)24(22-17)15-7-4-3-5-8-15/h3-9,12-14,20H,10-11H2,1-2H3. The number of aromatic nitrogens is 3. The van der Waals surface area contributed by atoms with Gasteiger partial charge in [-0.2, -0.15) is 0 Å². The van der Waals surface area contributed by atoms with Crippen LogP contribution in [0.5, 0.6) is 0 Å². The summed E-state index contributed by atoms with van der Waals surface area (Å²) < 4.78 is 1.76. The number of hydrogen-bond acceptors (Lipinski definition) is 5. The van der Waals surface area contributed by atoms with Gasteiger partial charge >= 0.3 is 0 Å². The molecule has 7 heteroatoms. The smallest absolute Gasteiger partial charge is 0.293 e. The first-order chi connectivity index (χ1) is 12.6. The maximum Gasteiger partial charge on any atom is 0.293 e. The third-order valence-electron chi connectivity index (χ3n) is 4.84. The van der Waals surface area contributed by atoms with E-state index in [1.807, 2.05) is 52.7 Å². The minimum absolute atomic E-state index is 0.102. The van der Waals surface area contributed by atoms with Crippen molar-refractivity contribution in [3.63, 3.8) is 0 Å². The molecule has 6 nitrogen and oxygen atoms in total. The number of benzene rings is 1. The van der Waals surface area contributed by atoms with Gasteiger partial charge in [-0.1, -0.05) is 24.3 Å². The number of thiophene rings is 1. The Bertz CT molecular complexity index is 890. The van der Waals surface area contributed by atoms with Gasteiger partial charge in [0.05, 0.1) is 10.6 Å². The molecule has 26 heavy (non-hydrogen) atoms. The molecule has 4 rings (SSSR count). The lowest BCUT2D eigenvalue weighted by Crippen LogP contribution is -2.57. The molecule has 0 aliphatic carbocycles. The summed E-state index contributed by atoms with van der Waals surface area (Å²) in [4.78, 5) is 20.6. The van der Waals surface area contributed by atoms with E-state index < -0.39 is 0 Å². The molecule has 2 unspecified atom stereocenters. The van der Waals surface area contributed by atoms with Crippen molar-refractivity contribution in [2.75, 3.05) is 13.1 Å². The molecule has 134 valence electrons. The number of rotatable bonds is 3. The van der Waals surface area contributed by atoms with Crippen LogP contribution < -0.4 is 5.32 Å². The number of para-hydroxylation sites is 1. The van der Waals surface area contributed by atoms with E-state index in [0.29, 0.717) is 12.4 Å². The van der Waals surface area contributed by atoms with Crippen LogP contribution in [0, 0.1) is 0 Å². The molecule has 1 saturated heterocycles. The van der Waals surface area contributed by atoms with Crippen molar-refractivity contribution in [3.8, 4) is 16.4 Å². The summed E-state index contributed by atoms with van der Waals surface area (Å²) in [6.07, 6.45) is 0. The highest BCUT2D eigenvalue weighted by atomic mass is 32.1. The maximum absolute atomic E-state index is 13.1. The average molecular weight is 367 g/mol. The van der Waals surface area contributed by atoms with E-state index in [4.69, 9.17) is 0 Å². The number of nitrogens with one attached hydrogen (secondary N) is 1. The first kappa shape index (κ1) is 16.9. The Morgan fingerprint density at radius 2 is 2.00 bits per heavy atom. The lowest BCUT2D eigenvalue weighted by atomic mass is 10.1. The van der Waals surface area contributed by atoms with Gasteiger partial charge in [0, 0.05) is 25.2 Å². The number of carbonyl (C=O) groups excluding carboxylic acids is 1. The molecular weight excluding hydrogens is 346 g/mol. The van der Waals surface area contributed by atoms with E-state index in [1.165, 1.54) is 0 Å². The van der Waals surface area contributed by atoms with Gasteiger partial charge < -0.3 is 10.2 Å². The van der Waals surface area contributed by atoms with Gasteiger partial charge in [-0.3, -0.25) is 4.79 Å². The number of nitrogens with zero attached hydrogens (tertiary/aromatic N) is 4. The van der Waals surface area contributed by atoms with Gasteiger partial charge in [0.25, 0.3) is 5.91 Å². The van der Waals surface area contributed by atoms with Crippen molar-refractivity contribution < 1.29 is 4.79 Å². The molecule has 0 saturated carbocycles. The summed E-state index contributed by atoms with van der Waals surface area (Å²) in [5, 5.41) is 9.97. The molecule has 0 radical (unpaired) electrons. The summed E-state index contributed by atoms with van der Waals surface area (Å²) in [5.74, 6) is 0.835. The van der Waals surface area contributed by atoms with Crippen molar-refractivity contribution in [2.24, 2.45) is 0 Å². The molecule has 1 aliphatic rings. The Morgan fingerprint density at radius 3 is 2.73 bits per heavy atom. The minimum atomic E-state index is -0.113. The molecule has 1 aliphatic heterocycles. The first-order valence-electron chi connectivity index (χ1n) is 8.76. The second-order valence-corrected chi connectivity index (χ2v) is 7.41. The topological polar surface area (TPSA) is 63.1 Å². The van der Waals surface area contributed by atoms with Crippen LogP contribution in [0.15, 0.2) is 47.8 Å². The zero-order chi connectivity index (χ0) is 18.1. The Hall–Kier alpha value is -2.51. The summed E-state index contributed by atoms with van der Waals surface area (Å²) in [7, 11) is 0. The molecule has 1 aromatic carbocycles. The molecule has 1 amide bonds. The highest BCUT2D eigenvalue weighted by Gasteiger charge is 2.31. The van der Waals surface area contributed by atoms with E-state index in [2.05, 4.69) is 29.2 Å². The molecule has 0 bridgehead atoms. The SMILES string of the molecule is CC1NCCN(C(=O)c2nc(-c3cccs3)n(-c3ccccc3)n2)C1C. The van der Waals surface area contributed by atoms with Crippen LogP contribution in [0.3, 0.4) is 0 Å². The second kappa shape index (κ2) is 7.01. The summed E-state index contributed by atoms with van der Waals surface area (Å²) in [5.41, 5.74) is 0.893. The maximum atomic E-state index is 13.1. The van der Waals surface area contributed by atoms with Crippen molar-refractivity contribution in [1.82, 2.24) is 25.0 Å². The fraction of sp³-hybridized carbons (Fsp3) is 0.316. The van der Waals surface area contributed by atoms with Gasteiger partial charge in [0.2, 0.25) is 5.82 Å².